The molecule has 0 radical (unpaired) electrons. The number of rotatable bonds is 9. The highest BCUT2D eigenvalue weighted by molar-refractivity contribution is 7.89. The molecule has 0 saturated heterocycles. The monoisotopic (exact) mass is 279 g/mol. The molecule has 0 spiro atoms. The SMILES string of the molecule is CCCCS(=O)(=O)N(CCOC)CCC(C)(C)C. The van der Waals surface area contributed by atoms with Gasteiger partial charge in [0, 0.05) is 20.2 Å². The van der Waals surface area contributed by atoms with Gasteiger partial charge in [-0.05, 0) is 18.3 Å². The number of hydrogen-bond acceptors (Lipinski definition) is 3. The summed E-state index contributed by atoms with van der Waals surface area (Å²) in [5, 5.41) is 0. The van der Waals surface area contributed by atoms with Gasteiger partial charge in [0.05, 0.1) is 12.4 Å². The van der Waals surface area contributed by atoms with Gasteiger partial charge in [-0.2, -0.15) is 4.31 Å². The fraction of sp³-hybridized carbons (Fsp3) is 1.00. The Kier molecular flexibility index (Phi) is 8.06. The summed E-state index contributed by atoms with van der Waals surface area (Å²) in [5.74, 6) is 0.247. The lowest BCUT2D eigenvalue weighted by Gasteiger charge is -2.26. The van der Waals surface area contributed by atoms with Crippen LogP contribution in [0.1, 0.15) is 47.0 Å². The smallest absolute Gasteiger partial charge is 0.214 e. The molecule has 0 aliphatic rings. The first-order chi connectivity index (χ1) is 8.23. The molecule has 0 aliphatic heterocycles. The van der Waals surface area contributed by atoms with Crippen LogP contribution in [0.2, 0.25) is 0 Å². The minimum absolute atomic E-state index is 0.144. The van der Waals surface area contributed by atoms with E-state index in [0.29, 0.717) is 19.7 Å². The summed E-state index contributed by atoms with van der Waals surface area (Å²) in [6.45, 7) is 9.87. The third-order valence-corrected chi connectivity index (χ3v) is 4.76. The molecule has 0 saturated carbocycles. The molecular weight excluding hydrogens is 250 g/mol. The second-order valence-corrected chi connectivity index (χ2v) is 7.96. The van der Waals surface area contributed by atoms with Gasteiger partial charge in [0.25, 0.3) is 0 Å². The summed E-state index contributed by atoms with van der Waals surface area (Å²) in [6, 6.07) is 0. The summed E-state index contributed by atoms with van der Waals surface area (Å²) in [7, 11) is -1.53. The van der Waals surface area contributed by atoms with Crippen molar-refractivity contribution in [2.45, 2.75) is 47.0 Å². The molecule has 0 aliphatic carbocycles. The van der Waals surface area contributed by atoms with Gasteiger partial charge in [0.1, 0.15) is 0 Å². The van der Waals surface area contributed by atoms with E-state index in [2.05, 4.69) is 20.8 Å². The Morgan fingerprint density at radius 1 is 1.17 bits per heavy atom. The molecule has 5 heteroatoms. The lowest BCUT2D eigenvalue weighted by atomic mass is 9.92. The van der Waals surface area contributed by atoms with Crippen molar-refractivity contribution in [1.82, 2.24) is 4.31 Å². The maximum Gasteiger partial charge on any atom is 0.214 e. The molecule has 0 amide bonds. The van der Waals surface area contributed by atoms with Crippen molar-refractivity contribution >= 4 is 10.0 Å². The molecule has 18 heavy (non-hydrogen) atoms. The molecule has 0 aromatic carbocycles. The Balaban J connectivity index is 4.55. The van der Waals surface area contributed by atoms with Crippen molar-refractivity contribution in [2.75, 3.05) is 32.6 Å². The van der Waals surface area contributed by atoms with Crippen LogP contribution in [0.4, 0.5) is 0 Å². The third-order valence-electron chi connectivity index (χ3n) is 2.81. The second-order valence-electron chi connectivity index (χ2n) is 5.87. The highest BCUT2D eigenvalue weighted by Gasteiger charge is 2.23. The van der Waals surface area contributed by atoms with Gasteiger partial charge < -0.3 is 4.74 Å². The summed E-state index contributed by atoms with van der Waals surface area (Å²) >= 11 is 0. The molecule has 0 unspecified atom stereocenters. The van der Waals surface area contributed by atoms with E-state index in [9.17, 15) is 8.42 Å². The highest BCUT2D eigenvalue weighted by Crippen LogP contribution is 2.20. The third kappa shape index (κ3) is 8.06. The van der Waals surface area contributed by atoms with E-state index in [0.717, 1.165) is 19.3 Å². The first-order valence-electron chi connectivity index (χ1n) is 6.69. The molecule has 4 nitrogen and oxygen atoms in total. The molecule has 0 atom stereocenters. The van der Waals surface area contributed by atoms with Crippen LogP contribution in [-0.2, 0) is 14.8 Å². The average molecular weight is 279 g/mol. The van der Waals surface area contributed by atoms with Crippen LogP contribution in [0.5, 0.6) is 0 Å². The quantitative estimate of drug-likeness (QED) is 0.651. The predicted molar refractivity (Wildman–Crippen MR) is 76.2 cm³/mol. The van der Waals surface area contributed by atoms with Crippen LogP contribution < -0.4 is 0 Å². The largest absolute Gasteiger partial charge is 0.383 e. The molecule has 0 heterocycles. The number of sulfonamides is 1. The number of methoxy groups -OCH3 is 1. The van der Waals surface area contributed by atoms with Crippen LogP contribution in [-0.4, -0.2) is 45.3 Å². The zero-order chi connectivity index (χ0) is 14.2. The van der Waals surface area contributed by atoms with Gasteiger partial charge >= 0.3 is 0 Å². The van der Waals surface area contributed by atoms with Gasteiger partial charge in [0.2, 0.25) is 10.0 Å². The van der Waals surface area contributed by atoms with Crippen molar-refractivity contribution in [3.05, 3.63) is 0 Å². The first kappa shape index (κ1) is 17.9. The van der Waals surface area contributed by atoms with Crippen molar-refractivity contribution in [3.8, 4) is 0 Å². The Morgan fingerprint density at radius 3 is 2.22 bits per heavy atom. The van der Waals surface area contributed by atoms with E-state index in [1.165, 1.54) is 0 Å². The van der Waals surface area contributed by atoms with Crippen LogP contribution >= 0.6 is 0 Å². The second kappa shape index (κ2) is 8.12. The average Bonchev–Trinajstić information content (AvgIpc) is 2.24. The zero-order valence-electron chi connectivity index (χ0n) is 12.5. The molecule has 0 N–H and O–H groups in total. The number of unbranched alkanes of at least 4 members (excludes halogenated alkanes) is 1. The number of hydrogen-bond donors (Lipinski definition) is 0. The Hall–Kier alpha value is -0.130. The lowest BCUT2D eigenvalue weighted by molar-refractivity contribution is 0.174. The molecule has 0 rings (SSSR count). The van der Waals surface area contributed by atoms with E-state index >= 15 is 0 Å². The Labute approximate surface area is 113 Å². The highest BCUT2D eigenvalue weighted by atomic mass is 32.2. The van der Waals surface area contributed by atoms with Gasteiger partial charge in [-0.25, -0.2) is 8.42 Å². The van der Waals surface area contributed by atoms with Crippen molar-refractivity contribution in [3.63, 3.8) is 0 Å². The summed E-state index contributed by atoms with van der Waals surface area (Å²) in [4.78, 5) is 0. The van der Waals surface area contributed by atoms with Crippen LogP contribution in [0, 0.1) is 5.41 Å². The Bertz CT molecular complexity index is 307. The Morgan fingerprint density at radius 2 is 1.78 bits per heavy atom. The van der Waals surface area contributed by atoms with E-state index in [4.69, 9.17) is 4.74 Å². The normalized spacial score (nSPS) is 13.2. The standard InChI is InChI=1S/C13H29NO3S/c1-6-7-12-18(15,16)14(10-11-17-5)9-8-13(2,3)4/h6-12H2,1-5H3. The molecule has 110 valence electrons. The number of nitrogens with zero attached hydrogens (tertiary/aromatic N) is 1. The molecular formula is C13H29NO3S. The molecule has 0 bridgehead atoms. The van der Waals surface area contributed by atoms with Gasteiger partial charge in [0.15, 0.2) is 0 Å². The zero-order valence-corrected chi connectivity index (χ0v) is 13.3. The van der Waals surface area contributed by atoms with Crippen LogP contribution in [0.3, 0.4) is 0 Å². The van der Waals surface area contributed by atoms with Gasteiger partial charge in [-0.1, -0.05) is 34.1 Å². The maximum absolute atomic E-state index is 12.2. The van der Waals surface area contributed by atoms with E-state index in [1.54, 1.807) is 11.4 Å². The number of ether oxygens (including phenoxy) is 1. The fourth-order valence-corrected chi connectivity index (χ4v) is 3.13. The van der Waals surface area contributed by atoms with Crippen LogP contribution in [0.25, 0.3) is 0 Å². The van der Waals surface area contributed by atoms with Gasteiger partial charge in [-0.15, -0.1) is 0 Å². The maximum atomic E-state index is 12.2. The predicted octanol–water partition coefficient (Wildman–Crippen LogP) is 2.50. The first-order valence-corrected chi connectivity index (χ1v) is 8.30. The van der Waals surface area contributed by atoms with E-state index in [1.807, 2.05) is 6.92 Å². The molecule has 0 aromatic rings. The lowest BCUT2D eigenvalue weighted by Crippen LogP contribution is -2.37. The van der Waals surface area contributed by atoms with E-state index < -0.39 is 10.0 Å². The summed E-state index contributed by atoms with van der Waals surface area (Å²) in [6.07, 6.45) is 2.49. The molecule has 0 fully saturated rings. The summed E-state index contributed by atoms with van der Waals surface area (Å²) in [5.41, 5.74) is 0.144. The summed E-state index contributed by atoms with van der Waals surface area (Å²) < 4.78 is 30.9. The molecule has 0 aromatic heterocycles. The fourth-order valence-electron chi connectivity index (χ4n) is 1.50. The minimum atomic E-state index is -3.13. The van der Waals surface area contributed by atoms with Crippen molar-refractivity contribution in [1.29, 1.82) is 0 Å². The van der Waals surface area contributed by atoms with Crippen LogP contribution in [0.15, 0.2) is 0 Å². The van der Waals surface area contributed by atoms with Crippen molar-refractivity contribution in [2.24, 2.45) is 5.41 Å². The van der Waals surface area contributed by atoms with E-state index in [-0.39, 0.29) is 11.2 Å². The topological polar surface area (TPSA) is 46.6 Å². The van der Waals surface area contributed by atoms with Crippen molar-refractivity contribution < 1.29 is 13.2 Å². The minimum Gasteiger partial charge on any atom is -0.383 e. The van der Waals surface area contributed by atoms with Gasteiger partial charge in [-0.3, -0.25) is 0 Å².